The number of hydrogen-bond acceptors (Lipinski definition) is 6. The van der Waals surface area contributed by atoms with Crippen LogP contribution in [0.25, 0.3) is 0 Å². The first-order valence-corrected chi connectivity index (χ1v) is 9.27. The molecule has 0 saturated carbocycles. The Kier molecular flexibility index (Phi) is 4.70. The molecule has 3 aliphatic heterocycles. The van der Waals surface area contributed by atoms with E-state index in [2.05, 4.69) is 26.7 Å². The molecule has 0 spiro atoms. The Labute approximate surface area is 144 Å². The monoisotopic (exact) mass is 331 g/mol. The van der Waals surface area contributed by atoms with Crippen molar-refractivity contribution < 1.29 is 4.74 Å². The Morgan fingerprint density at radius 1 is 1.21 bits per heavy atom. The fraction of sp³-hybridized carbons (Fsp3) is 0.778. The molecule has 4 rings (SSSR count). The smallest absolute Gasteiger partial charge is 0.137 e. The number of aromatic nitrogens is 2. The highest BCUT2D eigenvalue weighted by molar-refractivity contribution is 5.51. The second kappa shape index (κ2) is 6.94. The number of nitrogens with zero attached hydrogens (tertiary/aromatic N) is 5. The van der Waals surface area contributed by atoms with Crippen molar-refractivity contribution in [1.82, 2.24) is 19.8 Å². The highest BCUT2D eigenvalue weighted by atomic mass is 16.5. The molecule has 132 valence electrons. The van der Waals surface area contributed by atoms with Gasteiger partial charge in [0.2, 0.25) is 0 Å². The van der Waals surface area contributed by atoms with Crippen LogP contribution in [0, 0.1) is 0 Å². The van der Waals surface area contributed by atoms with Gasteiger partial charge in [-0.1, -0.05) is 0 Å². The minimum atomic E-state index is 0.310. The van der Waals surface area contributed by atoms with E-state index in [1.165, 1.54) is 37.2 Å². The Morgan fingerprint density at radius 3 is 2.83 bits per heavy atom. The molecule has 2 fully saturated rings. The highest BCUT2D eigenvalue weighted by Gasteiger charge is 2.36. The van der Waals surface area contributed by atoms with Crippen molar-refractivity contribution in [2.24, 2.45) is 0 Å². The van der Waals surface area contributed by atoms with Crippen molar-refractivity contribution in [2.45, 2.75) is 44.4 Å². The number of hydrogen-bond donors (Lipinski definition) is 0. The van der Waals surface area contributed by atoms with Gasteiger partial charge in [0.05, 0.1) is 11.8 Å². The molecule has 0 N–H and O–H groups in total. The molecular weight excluding hydrogens is 302 g/mol. The molecule has 2 saturated heterocycles. The maximum absolute atomic E-state index is 5.71. The molecule has 4 heterocycles. The second-order valence-electron chi connectivity index (χ2n) is 7.52. The molecule has 0 aliphatic carbocycles. The van der Waals surface area contributed by atoms with Gasteiger partial charge in [0, 0.05) is 51.3 Å². The molecule has 6 nitrogen and oxygen atoms in total. The molecular formula is C18H29N5O. The lowest BCUT2D eigenvalue weighted by Crippen LogP contribution is -2.41. The Morgan fingerprint density at radius 2 is 2.04 bits per heavy atom. The minimum Gasteiger partial charge on any atom is -0.380 e. The third kappa shape index (κ3) is 3.15. The second-order valence-corrected chi connectivity index (χ2v) is 7.52. The Bertz CT molecular complexity index is 575. The summed E-state index contributed by atoms with van der Waals surface area (Å²) in [6, 6.07) is 0.499. The summed E-state index contributed by atoms with van der Waals surface area (Å²) in [5.74, 6) is 1.15. The standard InChI is InChI=1S/C18H29N5O/c1-21-8-5-17-16(12-21)18(20-13-19-17)23-11-15(24-2)9-14(23)10-22-6-3-4-7-22/h13-15H,3-12H2,1-2H3/t14-,15-/m0/s1. The Hall–Kier alpha value is -1.24. The molecule has 0 bridgehead atoms. The summed E-state index contributed by atoms with van der Waals surface area (Å²) in [6.45, 7) is 6.60. The lowest BCUT2D eigenvalue weighted by Gasteiger charge is -2.33. The van der Waals surface area contributed by atoms with Crippen LogP contribution in [0.1, 0.15) is 30.5 Å². The zero-order valence-electron chi connectivity index (χ0n) is 14.9. The first kappa shape index (κ1) is 16.2. The van der Waals surface area contributed by atoms with E-state index < -0.39 is 0 Å². The summed E-state index contributed by atoms with van der Waals surface area (Å²) in [5, 5.41) is 0. The predicted molar refractivity (Wildman–Crippen MR) is 94.3 cm³/mol. The zero-order valence-corrected chi connectivity index (χ0v) is 14.9. The average Bonchev–Trinajstić information content (AvgIpc) is 3.24. The number of anilines is 1. The van der Waals surface area contributed by atoms with Crippen LogP contribution >= 0.6 is 0 Å². The normalized spacial score (nSPS) is 28.5. The Balaban J connectivity index is 1.60. The van der Waals surface area contributed by atoms with Crippen LogP contribution in [0.4, 0.5) is 5.82 Å². The van der Waals surface area contributed by atoms with E-state index in [4.69, 9.17) is 9.72 Å². The summed E-state index contributed by atoms with van der Waals surface area (Å²) in [4.78, 5) is 16.7. The molecule has 1 aromatic rings. The van der Waals surface area contributed by atoms with Gasteiger partial charge in [-0.15, -0.1) is 0 Å². The zero-order chi connectivity index (χ0) is 16.5. The molecule has 0 radical (unpaired) electrons. The molecule has 2 atom stereocenters. The van der Waals surface area contributed by atoms with Gasteiger partial charge in [0.15, 0.2) is 0 Å². The summed E-state index contributed by atoms with van der Waals surface area (Å²) in [5.41, 5.74) is 2.56. The van der Waals surface area contributed by atoms with Crippen molar-refractivity contribution in [3.05, 3.63) is 17.6 Å². The van der Waals surface area contributed by atoms with Gasteiger partial charge < -0.3 is 19.4 Å². The minimum absolute atomic E-state index is 0.310. The van der Waals surface area contributed by atoms with Gasteiger partial charge in [-0.3, -0.25) is 0 Å². The number of likely N-dealkylation sites (N-methyl/N-ethyl adjacent to an activating group) is 1. The predicted octanol–water partition coefficient (Wildman–Crippen LogP) is 1.15. The first-order valence-electron chi connectivity index (χ1n) is 9.27. The lowest BCUT2D eigenvalue weighted by molar-refractivity contribution is 0.116. The molecule has 0 aromatic carbocycles. The van der Waals surface area contributed by atoms with Gasteiger partial charge in [-0.25, -0.2) is 9.97 Å². The maximum Gasteiger partial charge on any atom is 0.137 e. The van der Waals surface area contributed by atoms with Crippen LogP contribution in [-0.2, 0) is 17.7 Å². The molecule has 3 aliphatic rings. The van der Waals surface area contributed by atoms with Crippen LogP contribution in [0.15, 0.2) is 6.33 Å². The molecule has 6 heteroatoms. The van der Waals surface area contributed by atoms with E-state index in [1.807, 2.05) is 7.11 Å². The topological polar surface area (TPSA) is 44.7 Å². The van der Waals surface area contributed by atoms with Crippen LogP contribution < -0.4 is 4.90 Å². The third-order valence-electron chi connectivity index (χ3n) is 5.82. The summed E-state index contributed by atoms with van der Waals surface area (Å²) >= 11 is 0. The van der Waals surface area contributed by atoms with Crippen molar-refractivity contribution in [3.8, 4) is 0 Å². The van der Waals surface area contributed by atoms with Gasteiger partial charge >= 0.3 is 0 Å². The summed E-state index contributed by atoms with van der Waals surface area (Å²) < 4.78 is 5.71. The van der Waals surface area contributed by atoms with E-state index in [9.17, 15) is 0 Å². The van der Waals surface area contributed by atoms with E-state index in [-0.39, 0.29) is 0 Å². The molecule has 0 amide bonds. The van der Waals surface area contributed by atoms with Crippen LogP contribution in [0.3, 0.4) is 0 Å². The van der Waals surface area contributed by atoms with E-state index >= 15 is 0 Å². The lowest BCUT2D eigenvalue weighted by atomic mass is 10.1. The number of fused-ring (bicyclic) bond motifs is 1. The van der Waals surface area contributed by atoms with Gasteiger partial charge in [-0.05, 0) is 39.4 Å². The largest absolute Gasteiger partial charge is 0.380 e. The summed E-state index contributed by atoms with van der Waals surface area (Å²) in [7, 11) is 4.02. The summed E-state index contributed by atoms with van der Waals surface area (Å²) in [6.07, 6.45) is 6.88. The van der Waals surface area contributed by atoms with Crippen molar-refractivity contribution in [1.29, 1.82) is 0 Å². The van der Waals surface area contributed by atoms with Crippen molar-refractivity contribution in [3.63, 3.8) is 0 Å². The van der Waals surface area contributed by atoms with Crippen LogP contribution in [0.2, 0.25) is 0 Å². The van der Waals surface area contributed by atoms with E-state index in [1.54, 1.807) is 6.33 Å². The molecule has 1 aromatic heterocycles. The first-order chi connectivity index (χ1) is 11.7. The maximum atomic E-state index is 5.71. The van der Waals surface area contributed by atoms with E-state index in [0.717, 1.165) is 44.8 Å². The third-order valence-corrected chi connectivity index (χ3v) is 5.82. The molecule has 0 unspecified atom stereocenters. The fourth-order valence-corrected chi connectivity index (χ4v) is 4.45. The van der Waals surface area contributed by atoms with Crippen LogP contribution in [0.5, 0.6) is 0 Å². The van der Waals surface area contributed by atoms with Crippen molar-refractivity contribution in [2.75, 3.05) is 51.8 Å². The van der Waals surface area contributed by atoms with Gasteiger partial charge in [-0.2, -0.15) is 0 Å². The SMILES string of the molecule is CO[C@H]1C[C@@H](CN2CCCC2)N(c2ncnc3c2CN(C)CC3)C1. The number of rotatable bonds is 4. The highest BCUT2D eigenvalue weighted by Crippen LogP contribution is 2.32. The van der Waals surface area contributed by atoms with Gasteiger partial charge in [0.25, 0.3) is 0 Å². The number of ether oxygens (including phenoxy) is 1. The molecule has 24 heavy (non-hydrogen) atoms. The number of likely N-dealkylation sites (tertiary alicyclic amines) is 1. The van der Waals surface area contributed by atoms with E-state index in [0.29, 0.717) is 12.1 Å². The quantitative estimate of drug-likeness (QED) is 0.825. The average molecular weight is 331 g/mol. The number of methoxy groups -OCH3 is 1. The fourth-order valence-electron chi connectivity index (χ4n) is 4.45. The van der Waals surface area contributed by atoms with Crippen LogP contribution in [-0.4, -0.2) is 78.8 Å². The van der Waals surface area contributed by atoms with Gasteiger partial charge in [0.1, 0.15) is 12.1 Å². The van der Waals surface area contributed by atoms with Crippen molar-refractivity contribution >= 4 is 5.82 Å².